The molecule has 0 unspecified atom stereocenters. The molecule has 1 fully saturated rings. The smallest absolute Gasteiger partial charge is 0.268 e. The van der Waals surface area contributed by atoms with Crippen LogP contribution < -0.4 is 10.2 Å². The van der Waals surface area contributed by atoms with E-state index in [2.05, 4.69) is 45.4 Å². The molecule has 246 valence electrons. The van der Waals surface area contributed by atoms with Gasteiger partial charge in [0.1, 0.15) is 0 Å². The van der Waals surface area contributed by atoms with Crippen molar-refractivity contribution in [2.75, 3.05) is 49.5 Å². The number of benzene rings is 3. The Morgan fingerprint density at radius 2 is 1.45 bits per heavy atom. The predicted octanol–water partition coefficient (Wildman–Crippen LogP) is 7.88. The zero-order chi connectivity index (χ0) is 32.1. The van der Waals surface area contributed by atoms with Crippen LogP contribution >= 0.6 is 0 Å². The van der Waals surface area contributed by atoms with E-state index in [4.69, 9.17) is 4.98 Å². The van der Waals surface area contributed by atoms with Gasteiger partial charge in [-0.25, -0.2) is 12.4 Å². The molecular weight excluding hydrogens is 603 g/mol. The van der Waals surface area contributed by atoms with Crippen molar-refractivity contribution in [2.45, 2.75) is 69.1 Å². The van der Waals surface area contributed by atoms with Crippen LogP contribution in [0.3, 0.4) is 0 Å². The van der Waals surface area contributed by atoms with Gasteiger partial charge in [-0.1, -0.05) is 68.1 Å². The lowest BCUT2D eigenvalue weighted by Gasteiger charge is -2.36. The van der Waals surface area contributed by atoms with E-state index < -0.39 is 10.0 Å². The topological polar surface area (TPSA) is 70.5 Å². The van der Waals surface area contributed by atoms with Crippen molar-refractivity contribution < 1.29 is 8.42 Å². The van der Waals surface area contributed by atoms with Crippen molar-refractivity contribution in [3.8, 4) is 0 Å². The van der Waals surface area contributed by atoms with Crippen LogP contribution in [0.2, 0.25) is 0 Å². The summed E-state index contributed by atoms with van der Waals surface area (Å²) in [7, 11) is -3.64. The van der Waals surface area contributed by atoms with E-state index in [-0.39, 0.29) is 0 Å². The quantitative estimate of drug-likeness (QED) is 0.131. The summed E-state index contributed by atoms with van der Waals surface area (Å²) in [6.07, 6.45) is 14.1. The molecule has 2 aliphatic rings. The van der Waals surface area contributed by atoms with Gasteiger partial charge in [0, 0.05) is 66.8 Å². The Balaban J connectivity index is 0.828. The first kappa shape index (κ1) is 31.7. The number of fused-ring (bicyclic) bond motifs is 3. The molecule has 3 heterocycles. The standard InChI is InChI=1S/C39H47N5O2S/c45-47(46,31-15-6-5-7-16-31)44-26-23-34-37(21-14-22-38(34)44)43-29-27-42(28-30-43)25-13-4-2-1-3-12-24-40-39-32-17-8-10-19-35(32)41-36-20-11-9-18-33(36)39/h5-8,10,14-17,19,21-23,26H,1-4,9,11-13,18,20,24-25,27-30H2,(H,40,41). The minimum absolute atomic E-state index is 0.307. The van der Waals surface area contributed by atoms with Gasteiger partial charge in [-0.3, -0.25) is 9.88 Å². The second-order valence-corrected chi connectivity index (χ2v) is 15.0. The van der Waals surface area contributed by atoms with Gasteiger partial charge in [0.05, 0.1) is 15.9 Å². The van der Waals surface area contributed by atoms with Gasteiger partial charge in [-0.2, -0.15) is 0 Å². The molecule has 0 bridgehead atoms. The lowest BCUT2D eigenvalue weighted by molar-refractivity contribution is 0.252. The molecular formula is C39H47N5O2S. The minimum atomic E-state index is -3.64. The summed E-state index contributed by atoms with van der Waals surface area (Å²) in [6, 6.07) is 25.2. The van der Waals surface area contributed by atoms with E-state index in [9.17, 15) is 8.42 Å². The van der Waals surface area contributed by atoms with Crippen molar-refractivity contribution in [1.29, 1.82) is 0 Å². The highest BCUT2D eigenvalue weighted by Crippen LogP contribution is 2.34. The van der Waals surface area contributed by atoms with Gasteiger partial charge in [0.25, 0.3) is 10.0 Å². The Morgan fingerprint density at radius 3 is 2.30 bits per heavy atom. The molecule has 1 aliphatic heterocycles. The molecule has 47 heavy (non-hydrogen) atoms. The number of para-hydroxylation sites is 1. The van der Waals surface area contributed by atoms with Crippen LogP contribution in [-0.2, 0) is 22.9 Å². The number of hydrogen-bond donors (Lipinski definition) is 1. The van der Waals surface area contributed by atoms with Gasteiger partial charge in [0.2, 0.25) is 0 Å². The molecule has 2 aromatic heterocycles. The molecule has 0 radical (unpaired) electrons. The normalized spacial score (nSPS) is 15.7. The average Bonchev–Trinajstić information content (AvgIpc) is 3.57. The molecule has 0 saturated carbocycles. The summed E-state index contributed by atoms with van der Waals surface area (Å²) in [5, 5.41) is 6.09. The maximum atomic E-state index is 13.3. The Morgan fingerprint density at radius 1 is 0.702 bits per heavy atom. The fourth-order valence-corrected chi connectivity index (χ4v) is 8.85. The van der Waals surface area contributed by atoms with Crippen LogP contribution in [0.25, 0.3) is 21.8 Å². The number of unbranched alkanes of at least 4 members (excludes halogenated alkanes) is 5. The zero-order valence-corrected chi connectivity index (χ0v) is 28.2. The molecule has 0 spiro atoms. The number of hydrogen-bond acceptors (Lipinski definition) is 6. The summed E-state index contributed by atoms with van der Waals surface area (Å²) in [5.74, 6) is 0. The summed E-state index contributed by atoms with van der Waals surface area (Å²) in [4.78, 5) is 10.3. The van der Waals surface area contributed by atoms with E-state index in [0.717, 1.165) is 74.2 Å². The average molecular weight is 650 g/mol. The Kier molecular flexibility index (Phi) is 9.77. The maximum Gasteiger partial charge on any atom is 0.268 e. The Hall–Kier alpha value is -3.88. The number of piperazine rings is 1. The third-order valence-electron chi connectivity index (χ3n) is 10.1. The van der Waals surface area contributed by atoms with Gasteiger partial charge in [-0.05, 0) is 87.0 Å². The summed E-state index contributed by atoms with van der Waals surface area (Å²) < 4.78 is 28.1. The molecule has 0 atom stereocenters. The van der Waals surface area contributed by atoms with Crippen LogP contribution in [0.1, 0.15) is 62.6 Å². The van der Waals surface area contributed by atoms with Crippen molar-refractivity contribution in [3.63, 3.8) is 0 Å². The molecule has 3 aromatic carbocycles. The second kappa shape index (κ2) is 14.5. The number of nitrogens with one attached hydrogen (secondary N) is 1. The monoisotopic (exact) mass is 649 g/mol. The first-order chi connectivity index (χ1) is 23.1. The molecule has 0 amide bonds. The first-order valence-electron chi connectivity index (χ1n) is 17.6. The number of rotatable bonds is 13. The summed E-state index contributed by atoms with van der Waals surface area (Å²) in [5.41, 5.74) is 7.09. The van der Waals surface area contributed by atoms with Crippen molar-refractivity contribution in [3.05, 3.63) is 96.3 Å². The minimum Gasteiger partial charge on any atom is -0.384 e. The van der Waals surface area contributed by atoms with Crippen molar-refractivity contribution >= 4 is 43.2 Å². The number of pyridine rings is 1. The summed E-state index contributed by atoms with van der Waals surface area (Å²) >= 11 is 0. The fourth-order valence-electron chi connectivity index (χ4n) is 7.49. The van der Waals surface area contributed by atoms with Crippen molar-refractivity contribution in [2.24, 2.45) is 0 Å². The van der Waals surface area contributed by atoms with E-state index in [1.54, 1.807) is 30.5 Å². The molecule has 5 aromatic rings. The van der Waals surface area contributed by atoms with Gasteiger partial charge < -0.3 is 10.2 Å². The molecule has 1 N–H and O–H groups in total. The molecule has 7 rings (SSSR count). The number of aryl methyl sites for hydroxylation is 1. The van der Waals surface area contributed by atoms with Crippen LogP contribution in [0.5, 0.6) is 0 Å². The second-order valence-electron chi connectivity index (χ2n) is 13.2. The SMILES string of the molecule is O=S(=O)(c1ccccc1)n1ccc2c(N3CCN(CCCCCCCCNc4c5c(nc6ccccc46)CCCC5)CC3)cccc21. The van der Waals surface area contributed by atoms with Crippen LogP contribution in [0.15, 0.2) is 90.0 Å². The van der Waals surface area contributed by atoms with E-state index in [0.29, 0.717) is 4.90 Å². The number of anilines is 2. The zero-order valence-electron chi connectivity index (χ0n) is 27.4. The van der Waals surface area contributed by atoms with E-state index in [1.165, 1.54) is 77.7 Å². The predicted molar refractivity (Wildman–Crippen MR) is 194 cm³/mol. The summed E-state index contributed by atoms with van der Waals surface area (Å²) in [6.45, 7) is 6.19. The van der Waals surface area contributed by atoms with Crippen LogP contribution in [0, 0.1) is 0 Å². The van der Waals surface area contributed by atoms with Gasteiger partial charge >= 0.3 is 0 Å². The Bertz CT molecular complexity index is 1910. The molecule has 8 heteroatoms. The highest BCUT2D eigenvalue weighted by atomic mass is 32.2. The third-order valence-corrected chi connectivity index (χ3v) is 11.8. The van der Waals surface area contributed by atoms with Gasteiger partial charge in [0.15, 0.2) is 0 Å². The highest BCUT2D eigenvalue weighted by molar-refractivity contribution is 7.90. The number of nitrogens with zero attached hydrogens (tertiary/aromatic N) is 4. The van der Waals surface area contributed by atoms with Crippen LogP contribution in [-0.4, -0.2) is 61.5 Å². The molecule has 7 nitrogen and oxygen atoms in total. The maximum absolute atomic E-state index is 13.3. The largest absolute Gasteiger partial charge is 0.384 e. The van der Waals surface area contributed by atoms with Crippen molar-refractivity contribution in [1.82, 2.24) is 13.9 Å². The van der Waals surface area contributed by atoms with E-state index in [1.807, 2.05) is 24.3 Å². The lowest BCUT2D eigenvalue weighted by Crippen LogP contribution is -2.46. The fraction of sp³-hybridized carbons (Fsp3) is 0.410. The van der Waals surface area contributed by atoms with Crippen LogP contribution in [0.4, 0.5) is 11.4 Å². The Labute approximate surface area is 279 Å². The number of aromatic nitrogens is 2. The third kappa shape index (κ3) is 6.90. The molecule has 1 aliphatic carbocycles. The van der Waals surface area contributed by atoms with E-state index >= 15 is 0 Å². The highest BCUT2D eigenvalue weighted by Gasteiger charge is 2.23. The lowest BCUT2D eigenvalue weighted by atomic mass is 9.92. The molecule has 1 saturated heterocycles. The van der Waals surface area contributed by atoms with Gasteiger partial charge in [-0.15, -0.1) is 0 Å². The first-order valence-corrected chi connectivity index (χ1v) is 19.1.